The van der Waals surface area contributed by atoms with Crippen LogP contribution in [0.4, 0.5) is 5.69 Å². The van der Waals surface area contributed by atoms with Crippen molar-refractivity contribution >= 4 is 23.1 Å². The second-order valence-electron chi connectivity index (χ2n) is 8.32. The molecule has 2 aromatic carbocycles. The van der Waals surface area contributed by atoms with Gasteiger partial charge in [0.1, 0.15) is 0 Å². The molecule has 0 N–H and O–H groups in total. The summed E-state index contributed by atoms with van der Waals surface area (Å²) in [7, 11) is 0. The summed E-state index contributed by atoms with van der Waals surface area (Å²) >= 11 is 4.65. The first kappa shape index (κ1) is 21.0. The molecule has 0 heterocycles. The molecule has 148 valence electrons. The highest BCUT2D eigenvalue weighted by Crippen LogP contribution is 2.37. The fraction of sp³-hybridized carbons (Fsp3) is 0.500. The number of unbranched alkanes of at least 4 members (excludes halogenated alkanes) is 2. The van der Waals surface area contributed by atoms with E-state index in [-0.39, 0.29) is 0 Å². The van der Waals surface area contributed by atoms with Crippen molar-refractivity contribution in [3.8, 4) is 0 Å². The summed E-state index contributed by atoms with van der Waals surface area (Å²) in [5.74, 6) is 1.77. The predicted molar refractivity (Wildman–Crippen MR) is 124 cm³/mol. The zero-order valence-electron chi connectivity index (χ0n) is 17.2. The fourth-order valence-corrected chi connectivity index (χ4v) is 4.61. The summed E-state index contributed by atoms with van der Waals surface area (Å²) in [5.41, 5.74) is 5.20. The number of isothiocyanates is 1. The lowest BCUT2D eigenvalue weighted by atomic mass is 9.77. The summed E-state index contributed by atoms with van der Waals surface area (Å²) in [5, 5.41) is 2.42. The second-order valence-corrected chi connectivity index (χ2v) is 8.51. The van der Waals surface area contributed by atoms with Gasteiger partial charge in [-0.05, 0) is 91.4 Å². The van der Waals surface area contributed by atoms with Gasteiger partial charge in [-0.3, -0.25) is 0 Å². The van der Waals surface area contributed by atoms with Crippen molar-refractivity contribution in [1.82, 2.24) is 0 Å². The Morgan fingerprint density at radius 3 is 2.04 bits per heavy atom. The number of aryl methyl sites for hydroxylation is 2. The Morgan fingerprint density at radius 1 is 0.857 bits per heavy atom. The summed E-state index contributed by atoms with van der Waals surface area (Å²) in [6.45, 7) is 2.30. The van der Waals surface area contributed by atoms with E-state index in [0.717, 1.165) is 30.4 Å². The molecule has 1 saturated carbocycles. The Balaban J connectivity index is 1.45. The number of hydrogen-bond acceptors (Lipinski definition) is 2. The van der Waals surface area contributed by atoms with Crippen molar-refractivity contribution < 1.29 is 0 Å². The van der Waals surface area contributed by atoms with Crippen LogP contribution in [0.1, 0.15) is 80.9 Å². The van der Waals surface area contributed by atoms with Gasteiger partial charge in [0.25, 0.3) is 0 Å². The lowest BCUT2D eigenvalue weighted by Crippen LogP contribution is -2.13. The third kappa shape index (κ3) is 6.40. The molecule has 0 aliphatic heterocycles. The van der Waals surface area contributed by atoms with Crippen LogP contribution in [0.3, 0.4) is 0 Å². The molecule has 2 aromatic rings. The smallest absolute Gasteiger partial charge is 0.0739 e. The Hall–Kier alpha value is -1.76. The molecule has 0 atom stereocenters. The zero-order valence-corrected chi connectivity index (χ0v) is 18.0. The van der Waals surface area contributed by atoms with Crippen LogP contribution in [0.2, 0.25) is 0 Å². The molecule has 1 nitrogen and oxygen atoms in total. The largest absolute Gasteiger partial charge is 0.195 e. The highest BCUT2D eigenvalue weighted by molar-refractivity contribution is 7.78. The second kappa shape index (κ2) is 11.3. The molecular weight excluding hydrogens is 358 g/mol. The van der Waals surface area contributed by atoms with Gasteiger partial charge in [0.15, 0.2) is 0 Å². The van der Waals surface area contributed by atoms with Gasteiger partial charge >= 0.3 is 0 Å². The molecule has 3 rings (SSSR count). The van der Waals surface area contributed by atoms with E-state index < -0.39 is 0 Å². The highest BCUT2D eigenvalue weighted by Gasteiger charge is 2.21. The van der Waals surface area contributed by atoms with Gasteiger partial charge in [-0.2, -0.15) is 4.99 Å². The molecule has 28 heavy (non-hydrogen) atoms. The number of benzene rings is 2. The molecule has 0 unspecified atom stereocenters. The number of hydrogen-bond donors (Lipinski definition) is 0. The van der Waals surface area contributed by atoms with Crippen LogP contribution < -0.4 is 0 Å². The third-order valence-electron chi connectivity index (χ3n) is 6.33. The van der Waals surface area contributed by atoms with Crippen LogP contribution in [0.15, 0.2) is 53.5 Å². The van der Waals surface area contributed by atoms with Crippen LogP contribution in [0, 0.1) is 5.92 Å². The van der Waals surface area contributed by atoms with E-state index in [1.54, 1.807) is 5.56 Å². The Labute approximate surface area is 176 Å². The van der Waals surface area contributed by atoms with Crippen molar-refractivity contribution in [3.63, 3.8) is 0 Å². The van der Waals surface area contributed by atoms with Crippen LogP contribution >= 0.6 is 12.2 Å². The number of nitrogens with zero attached hydrogens (tertiary/aromatic N) is 1. The number of aliphatic imine (C=N–C) groups is 1. The minimum absolute atomic E-state index is 0.783. The molecule has 1 aliphatic carbocycles. The molecule has 0 bridgehead atoms. The molecule has 0 amide bonds. The van der Waals surface area contributed by atoms with Crippen LogP contribution in [0.25, 0.3) is 0 Å². The minimum atomic E-state index is 0.783. The zero-order chi connectivity index (χ0) is 19.6. The van der Waals surface area contributed by atoms with Crippen molar-refractivity contribution in [3.05, 3.63) is 65.2 Å². The third-order valence-corrected chi connectivity index (χ3v) is 6.42. The molecule has 0 radical (unpaired) electrons. The molecule has 0 spiro atoms. The van der Waals surface area contributed by atoms with Gasteiger partial charge in [0.05, 0.1) is 10.8 Å². The van der Waals surface area contributed by atoms with Gasteiger partial charge in [-0.1, -0.05) is 69.0 Å². The van der Waals surface area contributed by atoms with Crippen molar-refractivity contribution in [2.24, 2.45) is 10.9 Å². The van der Waals surface area contributed by atoms with E-state index in [4.69, 9.17) is 0 Å². The van der Waals surface area contributed by atoms with E-state index in [1.807, 2.05) is 12.1 Å². The quantitative estimate of drug-likeness (QED) is 0.239. The predicted octanol–water partition coefficient (Wildman–Crippen LogP) is 8.06. The normalized spacial score (nSPS) is 19.2. The molecule has 0 saturated heterocycles. The summed E-state index contributed by atoms with van der Waals surface area (Å²) in [6.07, 6.45) is 13.4. The topological polar surface area (TPSA) is 12.4 Å². The SMILES string of the molecule is CCCCCC1CCC(c2ccc(CCc3ccc(N=C=S)cc3)cc2)CC1. The van der Waals surface area contributed by atoms with Gasteiger partial charge in [0.2, 0.25) is 0 Å². The first-order valence-corrected chi connectivity index (χ1v) is 11.4. The molecular formula is C26H33NS. The van der Waals surface area contributed by atoms with Crippen LogP contribution in [0.5, 0.6) is 0 Å². The van der Waals surface area contributed by atoms with Crippen LogP contribution in [-0.2, 0) is 12.8 Å². The summed E-state index contributed by atoms with van der Waals surface area (Å²) in [4.78, 5) is 4.01. The molecule has 0 aromatic heterocycles. The standard InChI is InChI=1S/C26H33NS/c1-2-3-4-5-21-8-14-24(15-9-21)25-16-10-22(11-17-25)6-7-23-12-18-26(19-13-23)27-20-28/h10-13,16-19,21,24H,2-9,14-15H2,1H3. The average Bonchev–Trinajstić information content (AvgIpc) is 2.75. The maximum absolute atomic E-state index is 4.65. The molecule has 1 aliphatic rings. The Morgan fingerprint density at radius 2 is 1.46 bits per heavy atom. The van der Waals surface area contributed by atoms with E-state index >= 15 is 0 Å². The van der Waals surface area contributed by atoms with Gasteiger partial charge < -0.3 is 0 Å². The Bertz CT molecular complexity index is 748. The average molecular weight is 392 g/mol. The maximum atomic E-state index is 4.65. The van der Waals surface area contributed by atoms with Crippen molar-refractivity contribution in [2.45, 2.75) is 77.0 Å². The number of rotatable bonds is 9. The lowest BCUT2D eigenvalue weighted by molar-refractivity contribution is 0.303. The monoisotopic (exact) mass is 391 g/mol. The van der Waals surface area contributed by atoms with Gasteiger partial charge in [-0.15, -0.1) is 0 Å². The fourth-order valence-electron chi connectivity index (χ4n) is 4.50. The lowest BCUT2D eigenvalue weighted by Gasteiger charge is -2.29. The van der Waals surface area contributed by atoms with Gasteiger partial charge in [-0.25, -0.2) is 0 Å². The molecule has 2 heteroatoms. The van der Waals surface area contributed by atoms with Crippen molar-refractivity contribution in [1.29, 1.82) is 0 Å². The molecule has 1 fully saturated rings. The highest BCUT2D eigenvalue weighted by atomic mass is 32.1. The maximum Gasteiger partial charge on any atom is 0.0739 e. The van der Waals surface area contributed by atoms with Crippen LogP contribution in [-0.4, -0.2) is 5.16 Å². The minimum Gasteiger partial charge on any atom is -0.195 e. The first-order valence-electron chi connectivity index (χ1n) is 11.0. The number of thiocarbonyl (C=S) groups is 1. The Kier molecular flexibility index (Phi) is 8.45. The van der Waals surface area contributed by atoms with Gasteiger partial charge in [0, 0.05) is 0 Å². The van der Waals surface area contributed by atoms with E-state index in [9.17, 15) is 0 Å². The summed E-state index contributed by atoms with van der Waals surface area (Å²) in [6, 6.07) is 17.7. The van der Waals surface area contributed by atoms with E-state index in [0.29, 0.717) is 0 Å². The van der Waals surface area contributed by atoms with Crippen molar-refractivity contribution in [2.75, 3.05) is 0 Å². The van der Waals surface area contributed by atoms with E-state index in [1.165, 1.54) is 62.5 Å². The first-order chi connectivity index (χ1) is 13.8. The van der Waals surface area contributed by atoms with E-state index in [2.05, 4.69) is 65.7 Å². The summed E-state index contributed by atoms with van der Waals surface area (Å²) < 4.78 is 0.